The molecule has 0 aromatic heterocycles. The second-order valence-electron chi connectivity index (χ2n) is 3.58. The zero-order valence-electron chi connectivity index (χ0n) is 10.8. The molecule has 20 heavy (non-hydrogen) atoms. The van der Waals surface area contributed by atoms with Crippen molar-refractivity contribution in [3.8, 4) is 0 Å². The van der Waals surface area contributed by atoms with Gasteiger partial charge in [-0.05, 0) is 25.1 Å². The third-order valence-corrected chi connectivity index (χ3v) is 3.57. The van der Waals surface area contributed by atoms with Gasteiger partial charge in [-0.25, -0.2) is 22.3 Å². The number of sulfonamides is 1. The molecule has 9 heteroatoms. The van der Waals surface area contributed by atoms with Crippen molar-refractivity contribution in [3.63, 3.8) is 0 Å². The second kappa shape index (κ2) is 8.15. The number of rotatable bonds is 6. The standard InChI is InChI=1S/C11H15FN2O4S.ClH/c1-2-18-11(15)8-5-9(12)7-10(6-8)19(16,17)14-4-3-13;/h5-7,14H,2-4,13H2,1H3;1H. The van der Waals surface area contributed by atoms with Gasteiger partial charge in [-0.15, -0.1) is 12.4 Å². The number of ether oxygens (including phenoxy) is 1. The summed E-state index contributed by atoms with van der Waals surface area (Å²) in [6, 6.07) is 2.79. The van der Waals surface area contributed by atoms with Crippen LogP contribution in [-0.2, 0) is 14.8 Å². The summed E-state index contributed by atoms with van der Waals surface area (Å²) in [7, 11) is -3.89. The summed E-state index contributed by atoms with van der Waals surface area (Å²) in [5.74, 6) is -1.61. The Labute approximate surface area is 123 Å². The first-order chi connectivity index (χ1) is 8.90. The van der Waals surface area contributed by atoms with Gasteiger partial charge in [-0.3, -0.25) is 0 Å². The molecule has 114 valence electrons. The van der Waals surface area contributed by atoms with E-state index in [2.05, 4.69) is 4.72 Å². The van der Waals surface area contributed by atoms with E-state index in [1.165, 1.54) is 0 Å². The van der Waals surface area contributed by atoms with Crippen molar-refractivity contribution in [2.75, 3.05) is 19.7 Å². The zero-order chi connectivity index (χ0) is 14.5. The molecule has 0 amide bonds. The average Bonchev–Trinajstić information content (AvgIpc) is 2.36. The summed E-state index contributed by atoms with van der Waals surface area (Å²) >= 11 is 0. The lowest BCUT2D eigenvalue weighted by molar-refractivity contribution is 0.0525. The van der Waals surface area contributed by atoms with Gasteiger partial charge in [0.15, 0.2) is 0 Å². The molecule has 6 nitrogen and oxygen atoms in total. The van der Waals surface area contributed by atoms with Crippen LogP contribution in [0.4, 0.5) is 4.39 Å². The van der Waals surface area contributed by atoms with Crippen molar-refractivity contribution in [2.24, 2.45) is 5.73 Å². The predicted octanol–water partition coefficient (Wildman–Crippen LogP) is 0.661. The van der Waals surface area contributed by atoms with Gasteiger partial charge in [-0.1, -0.05) is 0 Å². The Balaban J connectivity index is 0.00000361. The number of carbonyl (C=O) groups is 1. The van der Waals surface area contributed by atoms with Gasteiger partial charge >= 0.3 is 5.97 Å². The third kappa shape index (κ3) is 5.04. The summed E-state index contributed by atoms with van der Waals surface area (Å²) in [5, 5.41) is 0. The maximum Gasteiger partial charge on any atom is 0.338 e. The number of halogens is 2. The van der Waals surface area contributed by atoms with Crippen LogP contribution < -0.4 is 10.5 Å². The van der Waals surface area contributed by atoms with E-state index in [9.17, 15) is 17.6 Å². The van der Waals surface area contributed by atoms with Gasteiger partial charge in [0.1, 0.15) is 5.82 Å². The molecular formula is C11H16ClFN2O4S. The molecule has 1 aromatic carbocycles. The lowest BCUT2D eigenvalue weighted by atomic mass is 10.2. The van der Waals surface area contributed by atoms with Crippen LogP contribution in [0, 0.1) is 5.82 Å². The fraction of sp³-hybridized carbons (Fsp3) is 0.364. The van der Waals surface area contributed by atoms with Crippen LogP contribution in [0.1, 0.15) is 17.3 Å². The van der Waals surface area contributed by atoms with E-state index in [0.717, 1.165) is 18.2 Å². The van der Waals surface area contributed by atoms with Crippen molar-refractivity contribution >= 4 is 28.4 Å². The maximum atomic E-state index is 13.4. The number of carbonyl (C=O) groups excluding carboxylic acids is 1. The van der Waals surface area contributed by atoms with Gasteiger partial charge in [0.05, 0.1) is 17.1 Å². The summed E-state index contributed by atoms with van der Waals surface area (Å²) in [6.45, 7) is 1.84. The minimum absolute atomic E-state index is 0. The first-order valence-electron chi connectivity index (χ1n) is 5.58. The number of nitrogens with two attached hydrogens (primary N) is 1. The first-order valence-corrected chi connectivity index (χ1v) is 7.06. The van der Waals surface area contributed by atoms with E-state index in [1.54, 1.807) is 6.92 Å². The van der Waals surface area contributed by atoms with E-state index in [0.29, 0.717) is 0 Å². The molecule has 0 aliphatic rings. The number of hydrogen-bond acceptors (Lipinski definition) is 5. The summed E-state index contributed by atoms with van der Waals surface area (Å²) in [4.78, 5) is 11.1. The molecule has 0 heterocycles. The Morgan fingerprint density at radius 2 is 2.05 bits per heavy atom. The lowest BCUT2D eigenvalue weighted by Gasteiger charge is -2.08. The lowest BCUT2D eigenvalue weighted by Crippen LogP contribution is -2.29. The zero-order valence-corrected chi connectivity index (χ0v) is 12.4. The molecule has 1 aromatic rings. The molecule has 0 aliphatic carbocycles. The molecule has 3 N–H and O–H groups in total. The molecule has 0 unspecified atom stereocenters. The Morgan fingerprint density at radius 1 is 1.40 bits per heavy atom. The molecule has 0 saturated heterocycles. The average molecular weight is 327 g/mol. The van der Waals surface area contributed by atoms with Crippen molar-refractivity contribution in [2.45, 2.75) is 11.8 Å². The Bertz CT molecular complexity index is 566. The largest absolute Gasteiger partial charge is 0.462 e. The summed E-state index contributed by atoms with van der Waals surface area (Å²) in [6.07, 6.45) is 0. The monoisotopic (exact) mass is 326 g/mol. The van der Waals surface area contributed by atoms with Crippen LogP contribution in [-0.4, -0.2) is 34.1 Å². The highest BCUT2D eigenvalue weighted by atomic mass is 35.5. The Kier molecular flexibility index (Phi) is 7.66. The number of hydrogen-bond donors (Lipinski definition) is 2. The van der Waals surface area contributed by atoms with Gasteiger partial charge in [0.25, 0.3) is 0 Å². The van der Waals surface area contributed by atoms with Crippen molar-refractivity contribution in [1.29, 1.82) is 0 Å². The molecule has 0 saturated carbocycles. The van der Waals surface area contributed by atoms with Crippen LogP contribution in [0.5, 0.6) is 0 Å². The van der Waals surface area contributed by atoms with E-state index in [4.69, 9.17) is 10.5 Å². The Hall–Kier alpha value is -1.22. The molecule has 0 radical (unpaired) electrons. The SMILES string of the molecule is CCOC(=O)c1cc(F)cc(S(=O)(=O)NCCN)c1.Cl. The number of nitrogens with one attached hydrogen (secondary N) is 1. The van der Waals surface area contributed by atoms with Crippen LogP contribution >= 0.6 is 12.4 Å². The van der Waals surface area contributed by atoms with E-state index >= 15 is 0 Å². The van der Waals surface area contributed by atoms with Gasteiger partial charge in [-0.2, -0.15) is 0 Å². The highest BCUT2D eigenvalue weighted by Gasteiger charge is 2.18. The fourth-order valence-electron chi connectivity index (χ4n) is 1.33. The quantitative estimate of drug-likeness (QED) is 0.748. The van der Waals surface area contributed by atoms with Crippen LogP contribution in [0.2, 0.25) is 0 Å². The smallest absolute Gasteiger partial charge is 0.338 e. The van der Waals surface area contributed by atoms with Gasteiger partial charge in [0.2, 0.25) is 10.0 Å². The van der Waals surface area contributed by atoms with Crippen molar-refractivity contribution < 1.29 is 22.3 Å². The second-order valence-corrected chi connectivity index (χ2v) is 5.35. The van der Waals surface area contributed by atoms with Gasteiger partial charge < -0.3 is 10.5 Å². The van der Waals surface area contributed by atoms with Crippen LogP contribution in [0.3, 0.4) is 0 Å². The van der Waals surface area contributed by atoms with Crippen molar-refractivity contribution in [1.82, 2.24) is 4.72 Å². The van der Waals surface area contributed by atoms with Crippen LogP contribution in [0.25, 0.3) is 0 Å². The fourth-order valence-corrected chi connectivity index (χ4v) is 2.43. The molecule has 0 atom stereocenters. The number of benzene rings is 1. The molecule has 1 rings (SSSR count). The molecule has 0 bridgehead atoms. The Morgan fingerprint density at radius 3 is 2.60 bits per heavy atom. The van der Waals surface area contributed by atoms with Crippen LogP contribution in [0.15, 0.2) is 23.1 Å². The summed E-state index contributed by atoms with van der Waals surface area (Å²) in [5.41, 5.74) is 5.03. The minimum Gasteiger partial charge on any atom is -0.462 e. The highest BCUT2D eigenvalue weighted by Crippen LogP contribution is 2.15. The molecule has 0 spiro atoms. The molecule has 0 fully saturated rings. The third-order valence-electron chi connectivity index (χ3n) is 2.13. The minimum atomic E-state index is -3.89. The van der Waals surface area contributed by atoms with E-state index in [-0.39, 0.29) is 42.6 Å². The predicted molar refractivity (Wildman–Crippen MR) is 73.8 cm³/mol. The topological polar surface area (TPSA) is 98.5 Å². The highest BCUT2D eigenvalue weighted by molar-refractivity contribution is 7.89. The summed E-state index contributed by atoms with van der Waals surface area (Å²) < 4.78 is 43.8. The van der Waals surface area contributed by atoms with Gasteiger partial charge in [0, 0.05) is 13.1 Å². The van der Waals surface area contributed by atoms with E-state index in [1.807, 2.05) is 0 Å². The molecule has 0 aliphatic heterocycles. The first kappa shape index (κ1) is 18.8. The van der Waals surface area contributed by atoms with E-state index < -0.39 is 21.8 Å². The maximum absolute atomic E-state index is 13.4. The normalized spacial score (nSPS) is 10.8. The van der Waals surface area contributed by atoms with Crippen molar-refractivity contribution in [3.05, 3.63) is 29.6 Å². The number of esters is 1. The molecular weight excluding hydrogens is 311 g/mol.